The van der Waals surface area contributed by atoms with E-state index in [0.717, 1.165) is 64.5 Å². The number of methoxy groups -OCH3 is 1. The van der Waals surface area contributed by atoms with Crippen LogP contribution in [-0.2, 0) is 16.0 Å². The highest BCUT2D eigenvalue weighted by Gasteiger charge is 2.60. The number of likely N-dealkylation sites (tertiary alicyclic amines) is 2. The van der Waals surface area contributed by atoms with Crippen LogP contribution < -0.4 is 4.90 Å². The number of aromatic nitrogens is 2. The van der Waals surface area contributed by atoms with Crippen LogP contribution in [-0.4, -0.2) is 84.7 Å². The summed E-state index contributed by atoms with van der Waals surface area (Å²) < 4.78 is 5.23. The molecule has 3 saturated heterocycles. The third kappa shape index (κ3) is 3.10. The molecule has 7 heteroatoms. The topological polar surface area (TPSA) is 61.8 Å². The van der Waals surface area contributed by atoms with Gasteiger partial charge in [0.05, 0.1) is 18.1 Å². The summed E-state index contributed by atoms with van der Waals surface area (Å²) in [6, 6.07) is 0. The highest BCUT2D eigenvalue weighted by atomic mass is 16.5. The van der Waals surface area contributed by atoms with Crippen molar-refractivity contribution >= 4 is 11.9 Å². The Labute approximate surface area is 161 Å². The molecule has 0 aromatic carbocycles. The molecule has 3 aliphatic heterocycles. The number of aryl methyl sites for hydroxylation is 1. The smallest absolute Gasteiger partial charge is 0.227 e. The SMILES string of the molecule is CCc1cnc(N2CCC3(CC2)[C@H]2CN(CCOC)C[C@H]2C(=O)N3C)nc1. The third-order valence-corrected chi connectivity index (χ3v) is 7.03. The number of hydrogen-bond acceptors (Lipinski definition) is 6. The Bertz CT molecular complexity index is 671. The van der Waals surface area contributed by atoms with Gasteiger partial charge in [-0.2, -0.15) is 0 Å². The molecule has 1 spiro atoms. The molecule has 27 heavy (non-hydrogen) atoms. The summed E-state index contributed by atoms with van der Waals surface area (Å²) in [7, 11) is 3.75. The molecule has 148 valence electrons. The zero-order valence-electron chi connectivity index (χ0n) is 16.7. The Morgan fingerprint density at radius 1 is 1.22 bits per heavy atom. The van der Waals surface area contributed by atoms with Gasteiger partial charge in [0.1, 0.15) is 0 Å². The lowest BCUT2D eigenvalue weighted by Crippen LogP contribution is -2.56. The van der Waals surface area contributed by atoms with Gasteiger partial charge in [-0.1, -0.05) is 6.92 Å². The van der Waals surface area contributed by atoms with Gasteiger partial charge in [0.25, 0.3) is 0 Å². The van der Waals surface area contributed by atoms with Gasteiger partial charge in [0, 0.05) is 65.2 Å². The molecule has 0 radical (unpaired) electrons. The number of rotatable bonds is 5. The number of anilines is 1. The maximum absolute atomic E-state index is 12.9. The average molecular weight is 374 g/mol. The summed E-state index contributed by atoms with van der Waals surface area (Å²) in [6.07, 6.45) is 6.80. The van der Waals surface area contributed by atoms with Crippen LogP contribution in [0.5, 0.6) is 0 Å². The Kier molecular flexibility index (Phi) is 5.07. The Balaban J connectivity index is 1.46. The van der Waals surface area contributed by atoms with Gasteiger partial charge in [-0.3, -0.25) is 9.69 Å². The fraction of sp³-hybridized carbons (Fsp3) is 0.750. The molecule has 0 unspecified atom stereocenters. The maximum Gasteiger partial charge on any atom is 0.227 e. The molecule has 7 nitrogen and oxygen atoms in total. The molecular formula is C20H31N5O2. The van der Waals surface area contributed by atoms with Crippen LogP contribution in [0.25, 0.3) is 0 Å². The van der Waals surface area contributed by atoms with E-state index in [1.165, 1.54) is 5.56 Å². The molecular weight excluding hydrogens is 342 g/mol. The number of ether oxygens (including phenoxy) is 1. The molecule has 4 heterocycles. The first-order chi connectivity index (χ1) is 13.1. The van der Waals surface area contributed by atoms with Crippen molar-refractivity contribution < 1.29 is 9.53 Å². The number of carbonyl (C=O) groups is 1. The lowest BCUT2D eigenvalue weighted by Gasteiger charge is -2.46. The van der Waals surface area contributed by atoms with E-state index in [0.29, 0.717) is 11.8 Å². The lowest BCUT2D eigenvalue weighted by molar-refractivity contribution is -0.133. The molecule has 4 rings (SSSR count). The first kappa shape index (κ1) is 18.6. The van der Waals surface area contributed by atoms with E-state index in [-0.39, 0.29) is 11.5 Å². The second-order valence-corrected chi connectivity index (χ2v) is 8.20. The molecule has 0 N–H and O–H groups in total. The van der Waals surface area contributed by atoms with Crippen molar-refractivity contribution in [2.75, 3.05) is 58.4 Å². The minimum absolute atomic E-state index is 0.0105. The predicted molar refractivity (Wildman–Crippen MR) is 104 cm³/mol. The van der Waals surface area contributed by atoms with Gasteiger partial charge < -0.3 is 14.5 Å². The Morgan fingerprint density at radius 2 is 1.93 bits per heavy atom. The summed E-state index contributed by atoms with van der Waals surface area (Å²) in [6.45, 7) is 7.46. The number of carbonyl (C=O) groups excluding carboxylic acids is 1. The molecule has 1 amide bonds. The zero-order valence-corrected chi connectivity index (χ0v) is 16.7. The third-order valence-electron chi connectivity index (χ3n) is 7.03. The zero-order chi connectivity index (χ0) is 19.0. The predicted octanol–water partition coefficient (Wildman–Crippen LogP) is 1.04. The summed E-state index contributed by atoms with van der Waals surface area (Å²) in [5.74, 6) is 1.73. The van der Waals surface area contributed by atoms with Crippen LogP contribution in [0, 0.1) is 11.8 Å². The van der Waals surface area contributed by atoms with Crippen molar-refractivity contribution in [2.45, 2.75) is 31.7 Å². The number of hydrogen-bond donors (Lipinski definition) is 0. The van der Waals surface area contributed by atoms with Crippen LogP contribution in [0.2, 0.25) is 0 Å². The quantitative estimate of drug-likeness (QED) is 0.769. The van der Waals surface area contributed by atoms with Crippen molar-refractivity contribution in [1.82, 2.24) is 19.8 Å². The van der Waals surface area contributed by atoms with Crippen molar-refractivity contribution in [3.05, 3.63) is 18.0 Å². The van der Waals surface area contributed by atoms with Gasteiger partial charge in [-0.05, 0) is 24.8 Å². The van der Waals surface area contributed by atoms with Gasteiger partial charge in [-0.15, -0.1) is 0 Å². The van der Waals surface area contributed by atoms with E-state index in [1.807, 2.05) is 19.4 Å². The van der Waals surface area contributed by atoms with Crippen LogP contribution in [0.3, 0.4) is 0 Å². The molecule has 3 fully saturated rings. The van der Waals surface area contributed by atoms with E-state index in [1.54, 1.807) is 7.11 Å². The van der Waals surface area contributed by atoms with E-state index >= 15 is 0 Å². The average Bonchev–Trinajstić information content (AvgIpc) is 3.22. The number of amides is 1. The van der Waals surface area contributed by atoms with E-state index in [9.17, 15) is 4.79 Å². The molecule has 0 bridgehead atoms. The summed E-state index contributed by atoms with van der Waals surface area (Å²) >= 11 is 0. The molecule has 1 aromatic heterocycles. The maximum atomic E-state index is 12.9. The Hall–Kier alpha value is -1.73. The normalized spacial score (nSPS) is 27.6. The number of piperidine rings is 1. The van der Waals surface area contributed by atoms with Crippen LogP contribution in [0.4, 0.5) is 5.95 Å². The number of fused-ring (bicyclic) bond motifs is 2. The van der Waals surface area contributed by atoms with Crippen LogP contribution in [0.15, 0.2) is 12.4 Å². The van der Waals surface area contributed by atoms with Gasteiger partial charge in [-0.25, -0.2) is 9.97 Å². The summed E-state index contributed by atoms with van der Waals surface area (Å²) in [4.78, 5) is 28.8. The monoisotopic (exact) mass is 373 g/mol. The van der Waals surface area contributed by atoms with Crippen molar-refractivity contribution in [2.24, 2.45) is 11.8 Å². The molecule has 1 aromatic rings. The first-order valence-corrected chi connectivity index (χ1v) is 10.1. The molecule has 3 aliphatic rings. The fourth-order valence-electron chi connectivity index (χ4n) is 5.29. The van der Waals surface area contributed by atoms with Crippen LogP contribution in [0.1, 0.15) is 25.3 Å². The highest BCUT2D eigenvalue weighted by molar-refractivity contribution is 5.83. The Morgan fingerprint density at radius 3 is 2.56 bits per heavy atom. The van der Waals surface area contributed by atoms with Gasteiger partial charge >= 0.3 is 0 Å². The van der Waals surface area contributed by atoms with Crippen molar-refractivity contribution in [1.29, 1.82) is 0 Å². The molecule has 2 atom stereocenters. The molecule has 0 aliphatic carbocycles. The number of nitrogens with zero attached hydrogens (tertiary/aromatic N) is 5. The first-order valence-electron chi connectivity index (χ1n) is 10.1. The van der Waals surface area contributed by atoms with E-state index in [4.69, 9.17) is 4.74 Å². The fourth-order valence-corrected chi connectivity index (χ4v) is 5.29. The second-order valence-electron chi connectivity index (χ2n) is 8.20. The minimum Gasteiger partial charge on any atom is -0.383 e. The standard InChI is InChI=1S/C20H31N5O2/c1-4-15-11-21-19(22-12-15)25-7-5-20(6-8-25)17-14-24(9-10-27-3)13-16(17)18(26)23(20)2/h11-12,16-17H,4-10,13-14H2,1-3H3/t16-,17+/m1/s1. The van der Waals surface area contributed by atoms with E-state index < -0.39 is 0 Å². The summed E-state index contributed by atoms with van der Waals surface area (Å²) in [5.41, 5.74) is 1.15. The van der Waals surface area contributed by atoms with Gasteiger partial charge in [0.2, 0.25) is 11.9 Å². The summed E-state index contributed by atoms with van der Waals surface area (Å²) in [5, 5.41) is 0. The largest absolute Gasteiger partial charge is 0.383 e. The van der Waals surface area contributed by atoms with Crippen LogP contribution >= 0.6 is 0 Å². The minimum atomic E-state index is -0.0105. The second kappa shape index (κ2) is 7.36. The lowest BCUT2D eigenvalue weighted by atomic mass is 9.75. The molecule has 0 saturated carbocycles. The van der Waals surface area contributed by atoms with E-state index in [2.05, 4.69) is 31.6 Å². The highest BCUT2D eigenvalue weighted by Crippen LogP contribution is 2.49. The van der Waals surface area contributed by atoms with Crippen molar-refractivity contribution in [3.8, 4) is 0 Å². The van der Waals surface area contributed by atoms with Gasteiger partial charge in [0.15, 0.2) is 0 Å². The van der Waals surface area contributed by atoms with Crippen molar-refractivity contribution in [3.63, 3.8) is 0 Å².